The largest absolute Gasteiger partial charge is 0.496 e. The van der Waals surface area contributed by atoms with Crippen LogP contribution in [-0.2, 0) is 6.54 Å². The van der Waals surface area contributed by atoms with Gasteiger partial charge in [0.1, 0.15) is 5.75 Å². The fourth-order valence-corrected chi connectivity index (χ4v) is 3.26. The van der Waals surface area contributed by atoms with E-state index >= 15 is 0 Å². The van der Waals surface area contributed by atoms with Gasteiger partial charge in [-0.25, -0.2) is 4.98 Å². The SMILES string of the molecule is COc1ccccc1CNC(=S)Nc1cccc(-c2csc(C)n2)c1. The Labute approximate surface area is 156 Å². The molecule has 0 fully saturated rings. The van der Waals surface area contributed by atoms with E-state index in [-0.39, 0.29) is 0 Å². The van der Waals surface area contributed by atoms with Gasteiger partial charge >= 0.3 is 0 Å². The molecule has 0 saturated carbocycles. The Balaban J connectivity index is 1.63. The molecule has 3 rings (SSSR count). The summed E-state index contributed by atoms with van der Waals surface area (Å²) in [6, 6.07) is 16.0. The Bertz CT molecular complexity index is 876. The molecule has 0 unspecified atom stereocenters. The molecule has 0 saturated heterocycles. The Morgan fingerprint density at radius 3 is 2.80 bits per heavy atom. The molecule has 4 nitrogen and oxygen atoms in total. The van der Waals surface area contributed by atoms with Crippen LogP contribution in [0, 0.1) is 6.92 Å². The molecule has 25 heavy (non-hydrogen) atoms. The molecule has 0 radical (unpaired) electrons. The van der Waals surface area contributed by atoms with Crippen LogP contribution in [-0.4, -0.2) is 17.2 Å². The number of nitrogens with one attached hydrogen (secondary N) is 2. The lowest BCUT2D eigenvalue weighted by Crippen LogP contribution is -2.28. The van der Waals surface area contributed by atoms with Gasteiger partial charge in [-0.1, -0.05) is 30.3 Å². The summed E-state index contributed by atoms with van der Waals surface area (Å²) >= 11 is 7.05. The molecule has 128 valence electrons. The van der Waals surface area contributed by atoms with E-state index in [2.05, 4.69) is 21.0 Å². The van der Waals surface area contributed by atoms with Crippen LogP contribution in [0.1, 0.15) is 10.6 Å². The zero-order valence-corrected chi connectivity index (χ0v) is 15.7. The minimum Gasteiger partial charge on any atom is -0.496 e. The predicted molar refractivity (Wildman–Crippen MR) is 108 cm³/mol. The third-order valence-electron chi connectivity index (χ3n) is 3.67. The van der Waals surface area contributed by atoms with Crippen molar-refractivity contribution in [2.24, 2.45) is 0 Å². The summed E-state index contributed by atoms with van der Waals surface area (Å²) in [5.41, 5.74) is 4.04. The topological polar surface area (TPSA) is 46.2 Å². The van der Waals surface area contributed by atoms with Gasteiger partial charge in [-0.15, -0.1) is 11.3 Å². The average molecular weight is 370 g/mol. The number of anilines is 1. The van der Waals surface area contributed by atoms with Crippen LogP contribution < -0.4 is 15.4 Å². The van der Waals surface area contributed by atoms with E-state index in [0.717, 1.165) is 33.3 Å². The van der Waals surface area contributed by atoms with Crippen molar-refractivity contribution in [1.82, 2.24) is 10.3 Å². The van der Waals surface area contributed by atoms with Crippen molar-refractivity contribution in [2.45, 2.75) is 13.5 Å². The monoisotopic (exact) mass is 369 g/mol. The first-order chi connectivity index (χ1) is 12.2. The highest BCUT2D eigenvalue weighted by Gasteiger charge is 2.05. The maximum Gasteiger partial charge on any atom is 0.171 e. The number of aryl methyl sites for hydroxylation is 1. The van der Waals surface area contributed by atoms with Crippen molar-refractivity contribution < 1.29 is 4.74 Å². The van der Waals surface area contributed by atoms with Gasteiger partial charge in [-0.2, -0.15) is 0 Å². The predicted octanol–water partition coefficient (Wildman–Crippen LogP) is 4.61. The minimum atomic E-state index is 0.567. The van der Waals surface area contributed by atoms with Crippen molar-refractivity contribution in [3.63, 3.8) is 0 Å². The molecule has 2 N–H and O–H groups in total. The van der Waals surface area contributed by atoms with Crippen LogP contribution in [0.2, 0.25) is 0 Å². The van der Waals surface area contributed by atoms with E-state index in [1.807, 2.05) is 55.5 Å². The van der Waals surface area contributed by atoms with Crippen LogP contribution >= 0.6 is 23.6 Å². The summed E-state index contributed by atoms with van der Waals surface area (Å²) in [6.45, 7) is 2.61. The third kappa shape index (κ3) is 4.55. The number of methoxy groups -OCH3 is 1. The molecule has 0 atom stereocenters. The van der Waals surface area contributed by atoms with Crippen LogP contribution in [0.15, 0.2) is 53.9 Å². The minimum absolute atomic E-state index is 0.567. The lowest BCUT2D eigenvalue weighted by molar-refractivity contribution is 0.409. The number of hydrogen-bond donors (Lipinski definition) is 2. The molecule has 0 spiro atoms. The summed E-state index contributed by atoms with van der Waals surface area (Å²) in [5, 5.41) is 10.1. The van der Waals surface area contributed by atoms with Crippen molar-refractivity contribution in [3.05, 3.63) is 64.5 Å². The smallest absolute Gasteiger partial charge is 0.171 e. The van der Waals surface area contributed by atoms with Gasteiger partial charge in [0.25, 0.3) is 0 Å². The summed E-state index contributed by atoms with van der Waals surface area (Å²) in [7, 11) is 1.67. The van der Waals surface area contributed by atoms with Crippen LogP contribution in [0.25, 0.3) is 11.3 Å². The molecule has 0 aliphatic carbocycles. The van der Waals surface area contributed by atoms with Gasteiger partial charge in [0.15, 0.2) is 5.11 Å². The number of para-hydroxylation sites is 1. The van der Waals surface area contributed by atoms with E-state index in [4.69, 9.17) is 17.0 Å². The molecular weight excluding hydrogens is 350 g/mol. The molecule has 0 amide bonds. The van der Waals surface area contributed by atoms with E-state index in [0.29, 0.717) is 11.7 Å². The maximum atomic E-state index is 5.40. The van der Waals surface area contributed by atoms with Crippen LogP contribution in [0.3, 0.4) is 0 Å². The van der Waals surface area contributed by atoms with Gasteiger partial charge in [-0.3, -0.25) is 0 Å². The average Bonchev–Trinajstić information content (AvgIpc) is 3.07. The molecule has 2 aromatic carbocycles. The zero-order valence-electron chi connectivity index (χ0n) is 14.1. The molecule has 0 aliphatic heterocycles. The van der Waals surface area contributed by atoms with Crippen molar-refractivity contribution in [3.8, 4) is 17.0 Å². The third-order valence-corrected chi connectivity index (χ3v) is 4.69. The lowest BCUT2D eigenvalue weighted by atomic mass is 10.1. The first-order valence-corrected chi connectivity index (χ1v) is 9.14. The van der Waals surface area contributed by atoms with Crippen LogP contribution in [0.4, 0.5) is 5.69 Å². The number of nitrogens with zero attached hydrogens (tertiary/aromatic N) is 1. The van der Waals surface area contributed by atoms with Gasteiger partial charge in [0.2, 0.25) is 0 Å². The highest BCUT2D eigenvalue weighted by Crippen LogP contribution is 2.24. The van der Waals surface area contributed by atoms with Crippen molar-refractivity contribution >= 4 is 34.4 Å². The molecular formula is C19H19N3OS2. The normalized spacial score (nSPS) is 10.3. The zero-order chi connectivity index (χ0) is 17.6. The number of rotatable bonds is 5. The maximum absolute atomic E-state index is 5.40. The molecule has 1 aromatic heterocycles. The second-order valence-electron chi connectivity index (χ2n) is 5.45. The standard InChI is InChI=1S/C19H19N3OS2/c1-13-21-17(12-25-13)14-7-5-8-16(10-14)22-19(24)20-11-15-6-3-4-9-18(15)23-2/h3-10,12H,11H2,1-2H3,(H2,20,22,24). The van der Waals surface area contributed by atoms with Gasteiger partial charge in [0, 0.05) is 28.7 Å². The summed E-state index contributed by atoms with van der Waals surface area (Å²) < 4.78 is 5.35. The van der Waals surface area contributed by atoms with Gasteiger partial charge in [-0.05, 0) is 37.3 Å². The Hall–Kier alpha value is -2.44. The van der Waals surface area contributed by atoms with Crippen molar-refractivity contribution in [2.75, 3.05) is 12.4 Å². The van der Waals surface area contributed by atoms with Gasteiger partial charge in [0.05, 0.1) is 17.8 Å². The van der Waals surface area contributed by atoms with E-state index < -0.39 is 0 Å². The molecule has 0 aliphatic rings. The summed E-state index contributed by atoms with van der Waals surface area (Å²) in [4.78, 5) is 4.52. The first-order valence-electron chi connectivity index (χ1n) is 7.85. The number of benzene rings is 2. The summed E-state index contributed by atoms with van der Waals surface area (Å²) in [6.07, 6.45) is 0. The Kier molecular flexibility index (Phi) is 5.63. The number of thiocarbonyl (C=S) groups is 1. The first kappa shape index (κ1) is 17.4. The van der Waals surface area contributed by atoms with Gasteiger partial charge < -0.3 is 15.4 Å². The number of aromatic nitrogens is 1. The summed E-state index contributed by atoms with van der Waals surface area (Å²) in [5.74, 6) is 0.846. The highest BCUT2D eigenvalue weighted by atomic mass is 32.1. The van der Waals surface area contributed by atoms with Crippen LogP contribution in [0.5, 0.6) is 5.75 Å². The molecule has 3 aromatic rings. The molecule has 6 heteroatoms. The number of thiazole rings is 1. The second-order valence-corrected chi connectivity index (χ2v) is 6.92. The highest BCUT2D eigenvalue weighted by molar-refractivity contribution is 7.80. The fraction of sp³-hybridized carbons (Fsp3) is 0.158. The Morgan fingerprint density at radius 2 is 2.04 bits per heavy atom. The quantitative estimate of drug-likeness (QED) is 0.643. The van der Waals surface area contributed by atoms with E-state index in [1.54, 1.807) is 18.4 Å². The van der Waals surface area contributed by atoms with Crippen molar-refractivity contribution in [1.29, 1.82) is 0 Å². The number of ether oxygens (including phenoxy) is 1. The lowest BCUT2D eigenvalue weighted by Gasteiger charge is -2.13. The number of hydrogen-bond acceptors (Lipinski definition) is 4. The molecule has 0 bridgehead atoms. The Morgan fingerprint density at radius 1 is 1.20 bits per heavy atom. The fourth-order valence-electron chi connectivity index (χ4n) is 2.45. The van der Waals surface area contributed by atoms with E-state index in [9.17, 15) is 0 Å². The van der Waals surface area contributed by atoms with E-state index in [1.165, 1.54) is 0 Å². The molecule has 1 heterocycles. The second kappa shape index (κ2) is 8.09.